The van der Waals surface area contributed by atoms with Crippen LogP contribution >= 0.6 is 0 Å². The number of ketones is 1. The topological polar surface area (TPSA) is 30.0 Å². The SMILES string of the molecule is CCCC(CC)CCCc1ccc2c(c1)CC[C@H](CC(=O)c1ccc(CC)cn1)C2. The number of fused-ring (bicyclic) bond motifs is 1. The largest absolute Gasteiger partial charge is 0.292 e. The molecule has 2 aromatic rings. The fourth-order valence-corrected chi connectivity index (χ4v) is 4.93. The summed E-state index contributed by atoms with van der Waals surface area (Å²) in [5.74, 6) is 1.54. The summed E-state index contributed by atoms with van der Waals surface area (Å²) >= 11 is 0. The van der Waals surface area contributed by atoms with Crippen molar-refractivity contribution in [3.8, 4) is 0 Å². The van der Waals surface area contributed by atoms with Crippen LogP contribution in [-0.4, -0.2) is 10.8 Å². The van der Waals surface area contributed by atoms with Crippen LogP contribution in [0.3, 0.4) is 0 Å². The molecule has 0 saturated heterocycles. The molecule has 1 aromatic heterocycles. The summed E-state index contributed by atoms with van der Waals surface area (Å²) < 4.78 is 0. The molecule has 2 atom stereocenters. The van der Waals surface area contributed by atoms with Crippen molar-refractivity contribution in [1.82, 2.24) is 4.98 Å². The number of nitrogens with zero attached hydrogens (tertiary/aromatic N) is 1. The molecule has 1 heterocycles. The van der Waals surface area contributed by atoms with Crippen LogP contribution in [0, 0.1) is 11.8 Å². The Kier molecular flexibility index (Phi) is 8.66. The molecule has 3 rings (SSSR count). The van der Waals surface area contributed by atoms with E-state index in [1.54, 1.807) is 0 Å². The Labute approximate surface area is 183 Å². The number of benzene rings is 1. The molecule has 0 fully saturated rings. The molecule has 0 N–H and O–H groups in total. The number of carbonyl (C=O) groups excluding carboxylic acids is 1. The van der Waals surface area contributed by atoms with Gasteiger partial charge in [-0.15, -0.1) is 0 Å². The predicted molar refractivity (Wildman–Crippen MR) is 126 cm³/mol. The lowest BCUT2D eigenvalue weighted by molar-refractivity contribution is 0.0952. The predicted octanol–water partition coefficient (Wildman–Crippen LogP) is 7.17. The van der Waals surface area contributed by atoms with E-state index in [9.17, 15) is 4.79 Å². The van der Waals surface area contributed by atoms with Crippen LogP contribution in [0.1, 0.15) is 98.5 Å². The van der Waals surface area contributed by atoms with Crippen molar-refractivity contribution in [3.63, 3.8) is 0 Å². The Morgan fingerprint density at radius 1 is 1.07 bits per heavy atom. The van der Waals surface area contributed by atoms with Gasteiger partial charge in [-0.05, 0) is 78.7 Å². The van der Waals surface area contributed by atoms with Crippen molar-refractivity contribution in [3.05, 3.63) is 64.5 Å². The fourth-order valence-electron chi connectivity index (χ4n) is 4.93. The Morgan fingerprint density at radius 2 is 1.90 bits per heavy atom. The van der Waals surface area contributed by atoms with Gasteiger partial charge in [-0.25, -0.2) is 0 Å². The van der Waals surface area contributed by atoms with Crippen molar-refractivity contribution < 1.29 is 4.79 Å². The first-order chi connectivity index (χ1) is 14.6. The van der Waals surface area contributed by atoms with Crippen LogP contribution in [0.5, 0.6) is 0 Å². The first-order valence-corrected chi connectivity index (χ1v) is 12.2. The summed E-state index contributed by atoms with van der Waals surface area (Å²) in [7, 11) is 0. The summed E-state index contributed by atoms with van der Waals surface area (Å²) in [6.45, 7) is 6.74. The lowest BCUT2D eigenvalue weighted by Crippen LogP contribution is -2.18. The Hall–Kier alpha value is -1.96. The summed E-state index contributed by atoms with van der Waals surface area (Å²) in [5.41, 5.74) is 6.28. The van der Waals surface area contributed by atoms with Gasteiger partial charge >= 0.3 is 0 Å². The van der Waals surface area contributed by atoms with Gasteiger partial charge in [0.25, 0.3) is 0 Å². The average molecular weight is 406 g/mol. The molecule has 1 aromatic carbocycles. The second kappa shape index (κ2) is 11.4. The molecule has 0 bridgehead atoms. The maximum absolute atomic E-state index is 12.7. The Morgan fingerprint density at radius 3 is 2.60 bits per heavy atom. The average Bonchev–Trinajstić information content (AvgIpc) is 2.78. The van der Waals surface area contributed by atoms with E-state index in [2.05, 4.69) is 44.0 Å². The highest BCUT2D eigenvalue weighted by molar-refractivity contribution is 5.94. The summed E-state index contributed by atoms with van der Waals surface area (Å²) in [6, 6.07) is 11.0. The van der Waals surface area contributed by atoms with Crippen molar-refractivity contribution in [2.24, 2.45) is 11.8 Å². The van der Waals surface area contributed by atoms with Crippen LogP contribution in [0.25, 0.3) is 0 Å². The highest BCUT2D eigenvalue weighted by atomic mass is 16.1. The van der Waals surface area contributed by atoms with E-state index in [0.29, 0.717) is 18.0 Å². The molecule has 0 saturated carbocycles. The molecule has 162 valence electrons. The van der Waals surface area contributed by atoms with E-state index in [4.69, 9.17) is 0 Å². The van der Waals surface area contributed by atoms with Crippen LogP contribution in [0.2, 0.25) is 0 Å². The van der Waals surface area contributed by atoms with Gasteiger partial charge in [-0.2, -0.15) is 0 Å². The van der Waals surface area contributed by atoms with Gasteiger partial charge in [0.2, 0.25) is 0 Å². The normalized spacial score (nSPS) is 16.8. The number of hydrogen-bond acceptors (Lipinski definition) is 2. The summed E-state index contributed by atoms with van der Waals surface area (Å²) in [4.78, 5) is 17.0. The highest BCUT2D eigenvalue weighted by Crippen LogP contribution is 2.30. The maximum atomic E-state index is 12.7. The van der Waals surface area contributed by atoms with Gasteiger partial charge in [-0.3, -0.25) is 9.78 Å². The molecule has 0 spiro atoms. The Bertz CT molecular complexity index is 808. The molecule has 1 aliphatic rings. The van der Waals surface area contributed by atoms with Crippen LogP contribution in [0.15, 0.2) is 36.5 Å². The molecule has 0 radical (unpaired) electrons. The standard InChI is InChI=1S/C28H39NO/c1-4-8-21(5-2)9-7-10-23-11-14-26-18-24(12-15-25(26)17-23)19-28(30)27-16-13-22(6-3)20-29-27/h11,13-14,16-17,20-21,24H,4-10,12,15,18-19H2,1-3H3/t21?,24-/m0/s1. The van der Waals surface area contributed by atoms with Gasteiger partial charge in [0.1, 0.15) is 5.69 Å². The zero-order valence-corrected chi connectivity index (χ0v) is 19.3. The first-order valence-electron chi connectivity index (χ1n) is 12.2. The van der Waals surface area contributed by atoms with E-state index in [0.717, 1.165) is 31.6 Å². The summed E-state index contributed by atoms with van der Waals surface area (Å²) in [6.07, 6.45) is 14.5. The second-order valence-electron chi connectivity index (χ2n) is 9.20. The molecular formula is C28H39NO. The molecule has 0 amide bonds. The van der Waals surface area contributed by atoms with E-state index in [-0.39, 0.29) is 5.78 Å². The van der Waals surface area contributed by atoms with E-state index < -0.39 is 0 Å². The molecule has 1 aliphatic carbocycles. The van der Waals surface area contributed by atoms with Crippen molar-refractivity contribution in [1.29, 1.82) is 0 Å². The third-order valence-electron chi connectivity index (χ3n) is 6.95. The van der Waals surface area contributed by atoms with Gasteiger partial charge in [-0.1, -0.05) is 70.7 Å². The molecule has 2 heteroatoms. The second-order valence-corrected chi connectivity index (χ2v) is 9.20. The minimum atomic E-state index is 0.195. The Balaban J connectivity index is 1.51. The zero-order valence-electron chi connectivity index (χ0n) is 19.3. The number of aromatic nitrogens is 1. The molecule has 30 heavy (non-hydrogen) atoms. The third kappa shape index (κ3) is 6.27. The van der Waals surface area contributed by atoms with Gasteiger partial charge in [0.15, 0.2) is 5.78 Å². The van der Waals surface area contributed by atoms with Gasteiger partial charge in [0.05, 0.1) is 0 Å². The summed E-state index contributed by atoms with van der Waals surface area (Å²) in [5, 5.41) is 0. The number of Topliss-reactive ketones (excluding diaryl/α,β-unsaturated/α-hetero) is 1. The third-order valence-corrected chi connectivity index (χ3v) is 6.95. The number of pyridine rings is 1. The molecule has 1 unspecified atom stereocenters. The zero-order chi connectivity index (χ0) is 21.3. The minimum absolute atomic E-state index is 0.195. The lowest BCUT2D eigenvalue weighted by atomic mass is 9.80. The number of carbonyl (C=O) groups is 1. The number of hydrogen-bond donors (Lipinski definition) is 0. The number of aryl methyl sites for hydroxylation is 3. The van der Waals surface area contributed by atoms with E-state index in [1.807, 2.05) is 18.3 Å². The molecule has 0 aliphatic heterocycles. The molecular weight excluding hydrogens is 366 g/mol. The highest BCUT2D eigenvalue weighted by Gasteiger charge is 2.22. The molecule has 2 nitrogen and oxygen atoms in total. The van der Waals surface area contributed by atoms with Crippen LogP contribution in [-0.2, 0) is 25.7 Å². The van der Waals surface area contributed by atoms with Gasteiger partial charge < -0.3 is 0 Å². The maximum Gasteiger partial charge on any atom is 0.181 e. The van der Waals surface area contributed by atoms with E-state index >= 15 is 0 Å². The quantitative estimate of drug-likeness (QED) is 0.371. The minimum Gasteiger partial charge on any atom is -0.292 e. The fraction of sp³-hybridized carbons (Fsp3) is 0.571. The van der Waals surface area contributed by atoms with Crippen molar-refractivity contribution >= 4 is 5.78 Å². The lowest BCUT2D eigenvalue weighted by Gasteiger charge is -2.25. The van der Waals surface area contributed by atoms with Crippen LogP contribution in [0.4, 0.5) is 0 Å². The van der Waals surface area contributed by atoms with E-state index in [1.165, 1.54) is 60.8 Å². The van der Waals surface area contributed by atoms with Gasteiger partial charge in [0, 0.05) is 12.6 Å². The number of rotatable bonds is 11. The first kappa shape index (κ1) is 22.7. The van der Waals surface area contributed by atoms with Crippen molar-refractivity contribution in [2.45, 2.75) is 91.4 Å². The monoisotopic (exact) mass is 405 g/mol. The smallest absolute Gasteiger partial charge is 0.181 e. The van der Waals surface area contributed by atoms with Crippen molar-refractivity contribution in [2.75, 3.05) is 0 Å². The van der Waals surface area contributed by atoms with Crippen LogP contribution < -0.4 is 0 Å².